The van der Waals surface area contributed by atoms with Gasteiger partial charge in [-0.2, -0.15) is 0 Å². The van der Waals surface area contributed by atoms with Crippen molar-refractivity contribution in [3.05, 3.63) is 0 Å². The molecule has 1 amide bonds. The summed E-state index contributed by atoms with van der Waals surface area (Å²) < 4.78 is 0. The van der Waals surface area contributed by atoms with E-state index in [9.17, 15) is 14.7 Å². The van der Waals surface area contributed by atoms with Crippen LogP contribution in [0.15, 0.2) is 0 Å². The molecule has 2 N–H and O–H groups in total. The lowest BCUT2D eigenvalue weighted by Crippen LogP contribution is -2.54. The summed E-state index contributed by atoms with van der Waals surface area (Å²) >= 11 is 0. The highest BCUT2D eigenvalue weighted by molar-refractivity contribution is 5.82. The quantitative estimate of drug-likeness (QED) is 0.750. The largest absolute Gasteiger partial charge is 0.480 e. The molecule has 5 heteroatoms. The zero-order chi connectivity index (χ0) is 13.6. The van der Waals surface area contributed by atoms with Gasteiger partial charge in [-0.3, -0.25) is 14.9 Å². The summed E-state index contributed by atoms with van der Waals surface area (Å²) in [6.45, 7) is 5.39. The summed E-state index contributed by atoms with van der Waals surface area (Å²) in [4.78, 5) is 25.1. The van der Waals surface area contributed by atoms with E-state index in [1.165, 1.54) is 6.42 Å². The summed E-state index contributed by atoms with van der Waals surface area (Å²) in [5.41, 5.74) is -0.967. The Morgan fingerprint density at radius 1 is 1.17 bits per heavy atom. The first kappa shape index (κ1) is 15.0. The molecule has 0 radical (unpaired) electrons. The molecule has 1 rings (SSSR count). The van der Waals surface area contributed by atoms with Crippen LogP contribution in [0.5, 0.6) is 0 Å². The molecule has 0 spiro atoms. The number of piperidine rings is 1. The Balaban J connectivity index is 2.51. The molecule has 0 aromatic rings. The van der Waals surface area contributed by atoms with Gasteiger partial charge in [-0.1, -0.05) is 13.8 Å². The maximum Gasteiger partial charge on any atom is 0.323 e. The number of aliphatic carboxylic acids is 1. The van der Waals surface area contributed by atoms with E-state index in [1.54, 1.807) is 0 Å². The molecule has 0 unspecified atom stereocenters. The van der Waals surface area contributed by atoms with E-state index < -0.39 is 11.5 Å². The molecule has 18 heavy (non-hydrogen) atoms. The number of amides is 1. The van der Waals surface area contributed by atoms with Gasteiger partial charge in [0.1, 0.15) is 5.54 Å². The fraction of sp³-hybridized carbons (Fsp3) is 0.846. The molecule has 0 aromatic carbocycles. The van der Waals surface area contributed by atoms with Crippen molar-refractivity contribution in [2.24, 2.45) is 0 Å². The highest BCUT2D eigenvalue weighted by Crippen LogP contribution is 2.15. The van der Waals surface area contributed by atoms with Crippen molar-refractivity contribution in [1.29, 1.82) is 0 Å². The highest BCUT2D eigenvalue weighted by atomic mass is 16.4. The summed E-state index contributed by atoms with van der Waals surface area (Å²) in [6, 6.07) is 0. The maximum absolute atomic E-state index is 12.0. The number of carbonyl (C=O) groups excluding carboxylic acids is 1. The van der Waals surface area contributed by atoms with Crippen LogP contribution in [0.1, 0.15) is 46.0 Å². The van der Waals surface area contributed by atoms with Gasteiger partial charge in [0.2, 0.25) is 5.91 Å². The summed E-state index contributed by atoms with van der Waals surface area (Å²) in [6.07, 6.45) is 4.24. The molecule has 1 aliphatic heterocycles. The topological polar surface area (TPSA) is 69.6 Å². The number of carboxylic acid groups (broad SMARTS) is 1. The van der Waals surface area contributed by atoms with Crippen molar-refractivity contribution in [3.63, 3.8) is 0 Å². The van der Waals surface area contributed by atoms with E-state index in [0.717, 1.165) is 25.9 Å². The first-order chi connectivity index (χ1) is 8.55. The van der Waals surface area contributed by atoms with Gasteiger partial charge in [0.05, 0.1) is 6.54 Å². The van der Waals surface area contributed by atoms with Crippen molar-refractivity contribution in [1.82, 2.24) is 10.2 Å². The molecular formula is C13H24N2O3. The summed E-state index contributed by atoms with van der Waals surface area (Å²) in [7, 11) is 0. The van der Waals surface area contributed by atoms with E-state index in [0.29, 0.717) is 12.8 Å². The smallest absolute Gasteiger partial charge is 0.323 e. The van der Waals surface area contributed by atoms with Crippen LogP contribution in [0.3, 0.4) is 0 Å². The molecule has 104 valence electrons. The molecule has 0 aromatic heterocycles. The minimum Gasteiger partial charge on any atom is -0.480 e. The summed E-state index contributed by atoms with van der Waals surface area (Å²) in [5.74, 6) is -0.860. The van der Waals surface area contributed by atoms with Gasteiger partial charge in [-0.25, -0.2) is 0 Å². The number of likely N-dealkylation sites (tertiary alicyclic amines) is 1. The van der Waals surface area contributed by atoms with Crippen LogP contribution < -0.4 is 5.32 Å². The third kappa shape index (κ3) is 3.45. The number of rotatable bonds is 6. The molecule has 0 atom stereocenters. The number of nitrogens with one attached hydrogen (secondary N) is 1. The van der Waals surface area contributed by atoms with E-state index in [-0.39, 0.29) is 12.5 Å². The van der Waals surface area contributed by atoms with Crippen molar-refractivity contribution in [2.45, 2.75) is 51.5 Å². The molecule has 0 bridgehead atoms. The molecule has 1 aliphatic rings. The predicted octanol–water partition coefficient (Wildman–Crippen LogP) is 1.23. The molecule has 0 saturated carbocycles. The van der Waals surface area contributed by atoms with Crippen LogP contribution >= 0.6 is 0 Å². The Morgan fingerprint density at radius 2 is 1.72 bits per heavy atom. The van der Waals surface area contributed by atoms with Crippen LogP contribution in [0.4, 0.5) is 0 Å². The fourth-order valence-corrected chi connectivity index (χ4v) is 2.38. The monoisotopic (exact) mass is 256 g/mol. The third-order valence-electron chi connectivity index (χ3n) is 3.90. The standard InChI is InChI=1S/C13H24N2O3/c1-3-13(4-2,12(17)18)14-10-11(16)15-8-6-5-7-9-15/h14H,3-10H2,1-2H3,(H,17,18). The second-order valence-electron chi connectivity index (χ2n) is 4.89. The van der Waals surface area contributed by atoms with Crippen LogP contribution in [-0.4, -0.2) is 47.1 Å². The van der Waals surface area contributed by atoms with Gasteiger partial charge in [0, 0.05) is 13.1 Å². The SMILES string of the molecule is CCC(CC)(NCC(=O)N1CCCCC1)C(=O)O. The van der Waals surface area contributed by atoms with Gasteiger partial charge in [0.15, 0.2) is 0 Å². The Bertz CT molecular complexity index is 295. The van der Waals surface area contributed by atoms with Gasteiger partial charge in [-0.05, 0) is 32.1 Å². The van der Waals surface area contributed by atoms with E-state index in [2.05, 4.69) is 5.32 Å². The molecular weight excluding hydrogens is 232 g/mol. The van der Waals surface area contributed by atoms with Gasteiger partial charge < -0.3 is 10.0 Å². The molecule has 1 saturated heterocycles. The van der Waals surface area contributed by atoms with Crippen molar-refractivity contribution in [2.75, 3.05) is 19.6 Å². The number of carbonyl (C=O) groups is 2. The Kier molecular flexibility index (Phi) is 5.59. The Labute approximate surface area is 109 Å². The Hall–Kier alpha value is -1.10. The van der Waals surface area contributed by atoms with Gasteiger partial charge in [0.25, 0.3) is 0 Å². The minimum atomic E-state index is -0.967. The second-order valence-corrected chi connectivity index (χ2v) is 4.89. The number of hydrogen-bond acceptors (Lipinski definition) is 3. The minimum absolute atomic E-state index is 0.0159. The second kappa shape index (κ2) is 6.73. The first-order valence-electron chi connectivity index (χ1n) is 6.82. The van der Waals surface area contributed by atoms with Crippen LogP contribution in [0.2, 0.25) is 0 Å². The molecule has 1 fully saturated rings. The lowest BCUT2D eigenvalue weighted by Gasteiger charge is -2.31. The third-order valence-corrected chi connectivity index (χ3v) is 3.90. The summed E-state index contributed by atoms with van der Waals surface area (Å²) in [5, 5.41) is 12.2. The van der Waals surface area contributed by atoms with Crippen molar-refractivity contribution < 1.29 is 14.7 Å². The van der Waals surface area contributed by atoms with Crippen LogP contribution in [0, 0.1) is 0 Å². The number of nitrogens with zero attached hydrogens (tertiary/aromatic N) is 1. The maximum atomic E-state index is 12.0. The lowest BCUT2D eigenvalue weighted by molar-refractivity contribution is -0.145. The van der Waals surface area contributed by atoms with Gasteiger partial charge in [-0.15, -0.1) is 0 Å². The van der Waals surface area contributed by atoms with E-state index in [1.807, 2.05) is 18.7 Å². The van der Waals surface area contributed by atoms with Crippen LogP contribution in [-0.2, 0) is 9.59 Å². The lowest BCUT2D eigenvalue weighted by atomic mass is 9.93. The number of hydrogen-bond donors (Lipinski definition) is 2. The van der Waals surface area contributed by atoms with E-state index in [4.69, 9.17) is 0 Å². The highest BCUT2D eigenvalue weighted by Gasteiger charge is 2.35. The zero-order valence-electron chi connectivity index (χ0n) is 11.4. The molecule has 5 nitrogen and oxygen atoms in total. The van der Waals surface area contributed by atoms with Crippen LogP contribution in [0.25, 0.3) is 0 Å². The normalized spacial score (nSPS) is 16.7. The molecule has 0 aliphatic carbocycles. The first-order valence-corrected chi connectivity index (χ1v) is 6.82. The van der Waals surface area contributed by atoms with Gasteiger partial charge >= 0.3 is 5.97 Å². The van der Waals surface area contributed by atoms with E-state index >= 15 is 0 Å². The average Bonchev–Trinajstić information content (AvgIpc) is 2.41. The predicted molar refractivity (Wildman–Crippen MR) is 69.4 cm³/mol. The van der Waals surface area contributed by atoms with Crippen molar-refractivity contribution >= 4 is 11.9 Å². The number of carboxylic acids is 1. The average molecular weight is 256 g/mol. The fourth-order valence-electron chi connectivity index (χ4n) is 2.38. The zero-order valence-corrected chi connectivity index (χ0v) is 11.4. The Morgan fingerprint density at radius 3 is 2.17 bits per heavy atom. The van der Waals surface area contributed by atoms with Crippen molar-refractivity contribution in [3.8, 4) is 0 Å². The molecule has 1 heterocycles.